The molecule has 0 fully saturated rings. The van der Waals surface area contributed by atoms with Crippen molar-refractivity contribution >= 4 is 33.9 Å². The van der Waals surface area contributed by atoms with Gasteiger partial charge in [0.15, 0.2) is 4.34 Å². The molecule has 1 N–H and O–H groups in total. The van der Waals surface area contributed by atoms with Crippen LogP contribution in [0.15, 0.2) is 57.3 Å². The van der Waals surface area contributed by atoms with E-state index < -0.39 is 0 Å². The standard InChI is InChI=1S/C19H16FN5OS2/c1-11-4-3-5-15(10-11)21-18-24-25-19(28-18)27-12(2)16-22-23-17(26-16)13-6-8-14(20)9-7-13/h3-10,12H,1-2H3,(H,21,24)/t12-/m1/s1. The summed E-state index contributed by atoms with van der Waals surface area (Å²) in [6, 6.07) is 14.0. The van der Waals surface area contributed by atoms with Gasteiger partial charge in [-0.05, 0) is 55.8 Å². The van der Waals surface area contributed by atoms with Gasteiger partial charge in [0.05, 0.1) is 5.25 Å². The molecular weight excluding hydrogens is 397 g/mol. The molecule has 28 heavy (non-hydrogen) atoms. The zero-order chi connectivity index (χ0) is 19.5. The third-order valence-electron chi connectivity index (χ3n) is 3.83. The number of anilines is 2. The smallest absolute Gasteiger partial charge is 0.247 e. The number of nitrogens with zero attached hydrogens (tertiary/aromatic N) is 4. The molecule has 1 atom stereocenters. The van der Waals surface area contributed by atoms with Crippen LogP contribution in [0.1, 0.15) is 23.6 Å². The van der Waals surface area contributed by atoms with Crippen molar-refractivity contribution in [2.75, 3.05) is 5.32 Å². The zero-order valence-electron chi connectivity index (χ0n) is 15.1. The van der Waals surface area contributed by atoms with E-state index in [-0.39, 0.29) is 11.1 Å². The number of thioether (sulfide) groups is 1. The normalized spacial score (nSPS) is 12.1. The fourth-order valence-electron chi connectivity index (χ4n) is 2.46. The Morgan fingerprint density at radius 1 is 1.07 bits per heavy atom. The predicted octanol–water partition coefficient (Wildman–Crippen LogP) is 5.63. The summed E-state index contributed by atoms with van der Waals surface area (Å²) in [5.41, 5.74) is 2.82. The maximum Gasteiger partial charge on any atom is 0.247 e. The van der Waals surface area contributed by atoms with Crippen molar-refractivity contribution in [1.82, 2.24) is 20.4 Å². The van der Waals surface area contributed by atoms with Crippen LogP contribution >= 0.6 is 23.1 Å². The minimum absolute atomic E-state index is 0.0959. The molecule has 6 nitrogen and oxygen atoms in total. The molecule has 142 valence electrons. The van der Waals surface area contributed by atoms with Gasteiger partial charge in [0.25, 0.3) is 0 Å². The average Bonchev–Trinajstić information content (AvgIpc) is 3.32. The Kier molecular flexibility index (Phi) is 5.36. The predicted molar refractivity (Wildman–Crippen MR) is 108 cm³/mol. The van der Waals surface area contributed by atoms with Gasteiger partial charge >= 0.3 is 0 Å². The first kappa shape index (κ1) is 18.6. The molecule has 0 unspecified atom stereocenters. The molecule has 2 heterocycles. The highest BCUT2D eigenvalue weighted by Gasteiger charge is 2.18. The highest BCUT2D eigenvalue weighted by atomic mass is 32.2. The molecule has 0 aliphatic carbocycles. The van der Waals surface area contributed by atoms with Crippen molar-refractivity contribution < 1.29 is 8.81 Å². The summed E-state index contributed by atoms with van der Waals surface area (Å²) < 4.78 is 19.6. The van der Waals surface area contributed by atoms with Gasteiger partial charge in [-0.1, -0.05) is 35.2 Å². The number of aromatic nitrogens is 4. The van der Waals surface area contributed by atoms with Crippen LogP contribution in [0.2, 0.25) is 0 Å². The second kappa shape index (κ2) is 8.07. The van der Waals surface area contributed by atoms with Gasteiger partial charge in [-0.15, -0.1) is 20.4 Å². The molecule has 4 rings (SSSR count). The summed E-state index contributed by atoms with van der Waals surface area (Å²) in [7, 11) is 0. The summed E-state index contributed by atoms with van der Waals surface area (Å²) in [6.45, 7) is 4.00. The molecule has 2 aromatic heterocycles. The Bertz CT molecular complexity index is 1080. The summed E-state index contributed by atoms with van der Waals surface area (Å²) >= 11 is 2.95. The number of halogens is 1. The van der Waals surface area contributed by atoms with E-state index in [1.165, 1.54) is 40.8 Å². The van der Waals surface area contributed by atoms with E-state index in [0.29, 0.717) is 17.3 Å². The minimum atomic E-state index is -0.307. The maximum absolute atomic E-state index is 13.1. The quantitative estimate of drug-likeness (QED) is 0.410. The Morgan fingerprint density at radius 2 is 1.89 bits per heavy atom. The van der Waals surface area contributed by atoms with Gasteiger partial charge in [0.1, 0.15) is 5.82 Å². The Hall–Kier alpha value is -2.78. The van der Waals surface area contributed by atoms with E-state index in [9.17, 15) is 4.39 Å². The van der Waals surface area contributed by atoms with Crippen molar-refractivity contribution in [2.24, 2.45) is 0 Å². The number of benzene rings is 2. The van der Waals surface area contributed by atoms with Crippen LogP contribution in [-0.2, 0) is 0 Å². The summed E-state index contributed by atoms with van der Waals surface area (Å²) in [6.07, 6.45) is 0. The Labute approximate surface area is 169 Å². The van der Waals surface area contributed by atoms with Crippen LogP contribution in [0.25, 0.3) is 11.5 Å². The lowest BCUT2D eigenvalue weighted by Gasteiger charge is -2.03. The lowest BCUT2D eigenvalue weighted by Crippen LogP contribution is -1.89. The SMILES string of the molecule is Cc1cccc(Nc2nnc(S[C@H](C)c3nnc(-c4ccc(F)cc4)o3)s2)c1. The van der Waals surface area contributed by atoms with Gasteiger partial charge in [0.2, 0.25) is 16.9 Å². The lowest BCUT2D eigenvalue weighted by molar-refractivity contribution is 0.509. The number of nitrogens with one attached hydrogen (secondary N) is 1. The topological polar surface area (TPSA) is 76.7 Å². The van der Waals surface area contributed by atoms with E-state index in [4.69, 9.17) is 4.42 Å². The fourth-order valence-corrected chi connectivity index (χ4v) is 4.41. The van der Waals surface area contributed by atoms with Gasteiger partial charge in [-0.2, -0.15) is 0 Å². The molecule has 0 saturated heterocycles. The summed E-state index contributed by atoms with van der Waals surface area (Å²) in [5, 5.41) is 20.4. The number of hydrogen-bond acceptors (Lipinski definition) is 8. The van der Waals surface area contributed by atoms with Gasteiger partial charge in [-0.25, -0.2) is 4.39 Å². The molecular formula is C19H16FN5OS2. The van der Waals surface area contributed by atoms with Crippen molar-refractivity contribution in [3.63, 3.8) is 0 Å². The van der Waals surface area contributed by atoms with Crippen LogP contribution in [0.3, 0.4) is 0 Å². The van der Waals surface area contributed by atoms with Crippen molar-refractivity contribution in [3.05, 3.63) is 65.8 Å². The molecule has 0 aliphatic rings. The first-order valence-electron chi connectivity index (χ1n) is 8.50. The molecule has 0 aliphatic heterocycles. The molecule has 9 heteroatoms. The molecule has 4 aromatic rings. The second-order valence-corrected chi connectivity index (χ2v) is 8.65. The van der Waals surface area contributed by atoms with E-state index >= 15 is 0 Å². The van der Waals surface area contributed by atoms with E-state index in [1.807, 2.05) is 38.1 Å². The van der Waals surface area contributed by atoms with Crippen molar-refractivity contribution in [1.29, 1.82) is 0 Å². The third kappa shape index (κ3) is 4.37. The fraction of sp³-hybridized carbons (Fsp3) is 0.158. The lowest BCUT2D eigenvalue weighted by atomic mass is 10.2. The average molecular weight is 414 g/mol. The van der Waals surface area contributed by atoms with Gasteiger partial charge in [-0.3, -0.25) is 0 Å². The number of aryl methyl sites for hydroxylation is 1. The highest BCUT2D eigenvalue weighted by Crippen LogP contribution is 2.38. The van der Waals surface area contributed by atoms with Gasteiger partial charge < -0.3 is 9.73 Å². The molecule has 0 saturated carbocycles. The summed E-state index contributed by atoms with van der Waals surface area (Å²) in [4.78, 5) is 0. The molecule has 0 bridgehead atoms. The van der Waals surface area contributed by atoms with Crippen LogP contribution < -0.4 is 5.32 Å². The molecule has 2 aromatic carbocycles. The number of rotatable bonds is 6. The number of hydrogen-bond donors (Lipinski definition) is 1. The van der Waals surface area contributed by atoms with Crippen molar-refractivity contribution in [2.45, 2.75) is 23.4 Å². The molecule has 0 radical (unpaired) electrons. The van der Waals surface area contributed by atoms with Crippen LogP contribution in [0, 0.1) is 12.7 Å². The van der Waals surface area contributed by atoms with E-state index in [1.54, 1.807) is 12.1 Å². The first-order chi connectivity index (χ1) is 13.6. The minimum Gasteiger partial charge on any atom is -0.419 e. The highest BCUT2D eigenvalue weighted by molar-refractivity contribution is 8.01. The largest absolute Gasteiger partial charge is 0.419 e. The monoisotopic (exact) mass is 413 g/mol. The Morgan fingerprint density at radius 3 is 2.68 bits per heavy atom. The van der Waals surface area contributed by atoms with Crippen molar-refractivity contribution in [3.8, 4) is 11.5 Å². The first-order valence-corrected chi connectivity index (χ1v) is 10.2. The van der Waals surface area contributed by atoms with Crippen LogP contribution in [0.5, 0.6) is 0 Å². The Balaban J connectivity index is 1.42. The van der Waals surface area contributed by atoms with E-state index in [2.05, 4.69) is 25.7 Å². The van der Waals surface area contributed by atoms with Gasteiger partial charge in [0, 0.05) is 11.3 Å². The third-order valence-corrected chi connectivity index (χ3v) is 5.84. The molecule has 0 amide bonds. The van der Waals surface area contributed by atoms with E-state index in [0.717, 1.165) is 15.2 Å². The summed E-state index contributed by atoms with van der Waals surface area (Å²) in [5.74, 6) is 0.535. The maximum atomic E-state index is 13.1. The van der Waals surface area contributed by atoms with Crippen LogP contribution in [-0.4, -0.2) is 20.4 Å². The zero-order valence-corrected chi connectivity index (χ0v) is 16.7. The van der Waals surface area contributed by atoms with Crippen LogP contribution in [0.4, 0.5) is 15.2 Å². The second-order valence-electron chi connectivity index (χ2n) is 6.08. The molecule has 0 spiro atoms.